The molecule has 2 nitrogen and oxygen atoms in total. The summed E-state index contributed by atoms with van der Waals surface area (Å²) in [6, 6.07) is 5.88. The van der Waals surface area contributed by atoms with Crippen LogP contribution in [0.15, 0.2) is 30.3 Å². The van der Waals surface area contributed by atoms with Gasteiger partial charge in [0.25, 0.3) is 0 Å². The highest BCUT2D eigenvalue weighted by atomic mass is 19.4. The van der Waals surface area contributed by atoms with Crippen LogP contribution in [0.2, 0.25) is 0 Å². The molecule has 1 aromatic carbocycles. The second-order valence-electron chi connectivity index (χ2n) is 2.63. The minimum absolute atomic E-state index is 0.558. The SMILES string of the molecule is FC(F)(F)N(Oc1ccccc1)C(F)(F)F. The van der Waals surface area contributed by atoms with E-state index in [1.165, 1.54) is 18.2 Å². The molecule has 0 spiro atoms. The molecule has 0 aliphatic carbocycles. The van der Waals surface area contributed by atoms with Crippen molar-refractivity contribution in [1.29, 1.82) is 0 Å². The highest BCUT2D eigenvalue weighted by molar-refractivity contribution is 5.20. The van der Waals surface area contributed by atoms with Gasteiger partial charge in [0.15, 0.2) is 0 Å². The smallest absolute Gasteiger partial charge is 0.390 e. The van der Waals surface area contributed by atoms with Crippen molar-refractivity contribution in [3.05, 3.63) is 30.3 Å². The molecule has 0 saturated heterocycles. The Labute approximate surface area is 86.0 Å². The van der Waals surface area contributed by atoms with Gasteiger partial charge < -0.3 is 4.84 Å². The van der Waals surface area contributed by atoms with E-state index in [0.717, 1.165) is 12.1 Å². The number of rotatable bonds is 2. The Morgan fingerprint density at radius 1 is 0.812 bits per heavy atom. The fourth-order valence-electron chi connectivity index (χ4n) is 0.834. The number of benzene rings is 1. The molecular weight excluding hydrogens is 240 g/mol. The van der Waals surface area contributed by atoms with Crippen molar-refractivity contribution in [1.82, 2.24) is 5.06 Å². The van der Waals surface area contributed by atoms with Gasteiger partial charge in [0.1, 0.15) is 5.75 Å². The summed E-state index contributed by atoms with van der Waals surface area (Å²) in [7, 11) is 0. The molecule has 1 aromatic rings. The van der Waals surface area contributed by atoms with Crippen molar-refractivity contribution in [3.63, 3.8) is 0 Å². The number of hydroxylamine groups is 2. The van der Waals surface area contributed by atoms with Gasteiger partial charge in [-0.25, -0.2) is 0 Å². The molecule has 0 bridgehead atoms. The van der Waals surface area contributed by atoms with E-state index in [1.54, 1.807) is 0 Å². The average molecular weight is 245 g/mol. The first-order chi connectivity index (χ1) is 7.21. The van der Waals surface area contributed by atoms with Crippen molar-refractivity contribution >= 4 is 0 Å². The van der Waals surface area contributed by atoms with Crippen LogP contribution in [0.1, 0.15) is 0 Å². The number of hydrogen-bond acceptors (Lipinski definition) is 2. The van der Waals surface area contributed by atoms with E-state index in [-0.39, 0.29) is 0 Å². The van der Waals surface area contributed by atoms with Crippen LogP contribution in [0.25, 0.3) is 0 Å². The molecule has 0 heterocycles. The van der Waals surface area contributed by atoms with E-state index in [9.17, 15) is 26.3 Å². The molecular formula is C8H5F6NO. The minimum Gasteiger partial charge on any atom is -0.390 e. The minimum atomic E-state index is -5.66. The maximum Gasteiger partial charge on any atom is 0.500 e. The first kappa shape index (κ1) is 12.6. The molecule has 0 radical (unpaired) electrons. The van der Waals surface area contributed by atoms with Crippen LogP contribution in [0.4, 0.5) is 26.3 Å². The topological polar surface area (TPSA) is 12.5 Å². The Morgan fingerprint density at radius 3 is 1.62 bits per heavy atom. The number of halogens is 6. The van der Waals surface area contributed by atoms with Gasteiger partial charge in [-0.2, -0.15) is 26.3 Å². The van der Waals surface area contributed by atoms with E-state index in [2.05, 4.69) is 4.84 Å². The Morgan fingerprint density at radius 2 is 1.25 bits per heavy atom. The lowest BCUT2D eigenvalue weighted by Crippen LogP contribution is -2.50. The molecule has 90 valence electrons. The second-order valence-corrected chi connectivity index (χ2v) is 2.63. The first-order valence-electron chi connectivity index (χ1n) is 3.88. The summed E-state index contributed by atoms with van der Waals surface area (Å²) in [4.78, 5) is 3.73. The summed E-state index contributed by atoms with van der Waals surface area (Å²) in [6.07, 6.45) is -11.3. The van der Waals surface area contributed by atoms with Crippen LogP contribution >= 0.6 is 0 Å². The predicted octanol–water partition coefficient (Wildman–Crippen LogP) is 3.32. The fourth-order valence-corrected chi connectivity index (χ4v) is 0.834. The Kier molecular flexibility index (Phi) is 3.32. The van der Waals surface area contributed by atoms with Gasteiger partial charge in [-0.3, -0.25) is 0 Å². The zero-order chi connectivity index (χ0) is 12.4. The lowest BCUT2D eigenvalue weighted by Gasteiger charge is -2.25. The van der Waals surface area contributed by atoms with Gasteiger partial charge in [-0.05, 0) is 12.1 Å². The third-order valence-electron chi connectivity index (χ3n) is 1.40. The third kappa shape index (κ3) is 3.30. The molecule has 0 saturated carbocycles. The number of alkyl halides is 6. The monoisotopic (exact) mass is 245 g/mol. The molecule has 16 heavy (non-hydrogen) atoms. The van der Waals surface area contributed by atoms with Crippen LogP contribution in [-0.2, 0) is 0 Å². The first-order valence-corrected chi connectivity index (χ1v) is 3.88. The van der Waals surface area contributed by atoms with Gasteiger partial charge in [-0.1, -0.05) is 18.2 Å². The van der Waals surface area contributed by atoms with Crippen LogP contribution in [0.3, 0.4) is 0 Å². The summed E-state index contributed by atoms with van der Waals surface area (Å²) in [6.45, 7) is 0. The summed E-state index contributed by atoms with van der Waals surface area (Å²) in [5, 5.41) is -1.96. The van der Waals surface area contributed by atoms with E-state index < -0.39 is 23.4 Å². The Balaban J connectivity index is 2.89. The van der Waals surface area contributed by atoms with Crippen LogP contribution in [0.5, 0.6) is 5.75 Å². The molecule has 0 aromatic heterocycles. The maximum absolute atomic E-state index is 12.0. The second kappa shape index (κ2) is 4.20. The number of para-hydroxylation sites is 1. The molecule has 1 rings (SSSR count). The lowest BCUT2D eigenvalue weighted by atomic mass is 10.3. The van der Waals surface area contributed by atoms with Gasteiger partial charge in [0.2, 0.25) is 0 Å². The normalized spacial score (nSPS) is 12.9. The van der Waals surface area contributed by atoms with Crippen LogP contribution in [-0.4, -0.2) is 17.7 Å². The Hall–Kier alpha value is -1.44. The van der Waals surface area contributed by atoms with Gasteiger partial charge >= 0.3 is 12.6 Å². The summed E-state index contributed by atoms with van der Waals surface area (Å²) < 4.78 is 71.9. The van der Waals surface area contributed by atoms with Crippen molar-refractivity contribution in [3.8, 4) is 5.75 Å². The van der Waals surface area contributed by atoms with Gasteiger partial charge in [-0.15, -0.1) is 0 Å². The quantitative estimate of drug-likeness (QED) is 0.450. The number of nitrogens with zero attached hydrogens (tertiary/aromatic N) is 1. The molecule has 8 heteroatoms. The zero-order valence-corrected chi connectivity index (χ0v) is 7.51. The highest BCUT2D eigenvalue weighted by Crippen LogP contribution is 2.34. The molecule has 0 N–H and O–H groups in total. The van der Waals surface area contributed by atoms with Gasteiger partial charge in [0, 0.05) is 0 Å². The standard InChI is InChI=1S/C8H5F6NO/c9-7(10,11)15(8(12,13)14)16-6-4-2-1-3-5-6/h1-5H. The summed E-state index contributed by atoms with van der Waals surface area (Å²) >= 11 is 0. The fraction of sp³-hybridized carbons (Fsp3) is 0.250. The molecule has 0 unspecified atom stereocenters. The van der Waals surface area contributed by atoms with E-state index >= 15 is 0 Å². The maximum atomic E-state index is 12.0. The van der Waals surface area contributed by atoms with Crippen molar-refractivity contribution < 1.29 is 31.2 Å². The average Bonchev–Trinajstić information content (AvgIpc) is 2.12. The summed E-state index contributed by atoms with van der Waals surface area (Å²) in [5.41, 5.74) is 0. The largest absolute Gasteiger partial charge is 0.500 e. The van der Waals surface area contributed by atoms with E-state index in [0.29, 0.717) is 0 Å². The van der Waals surface area contributed by atoms with E-state index in [4.69, 9.17) is 0 Å². The molecule has 0 aliphatic heterocycles. The molecule has 0 fully saturated rings. The molecule has 0 aliphatic rings. The third-order valence-corrected chi connectivity index (χ3v) is 1.40. The zero-order valence-electron chi connectivity index (χ0n) is 7.51. The van der Waals surface area contributed by atoms with Crippen LogP contribution < -0.4 is 4.84 Å². The Bertz CT molecular complexity index is 319. The highest BCUT2D eigenvalue weighted by Gasteiger charge is 2.57. The molecule has 0 amide bonds. The van der Waals surface area contributed by atoms with Crippen molar-refractivity contribution in [2.75, 3.05) is 0 Å². The summed E-state index contributed by atoms with van der Waals surface area (Å²) in [5.74, 6) is -0.558. The van der Waals surface area contributed by atoms with Crippen molar-refractivity contribution in [2.45, 2.75) is 12.6 Å². The number of hydrogen-bond donors (Lipinski definition) is 0. The molecule has 0 atom stereocenters. The predicted molar refractivity (Wildman–Crippen MR) is 41.0 cm³/mol. The van der Waals surface area contributed by atoms with Crippen LogP contribution in [0, 0.1) is 0 Å². The lowest BCUT2D eigenvalue weighted by molar-refractivity contribution is -0.455. The van der Waals surface area contributed by atoms with Crippen molar-refractivity contribution in [2.24, 2.45) is 0 Å². The van der Waals surface area contributed by atoms with E-state index in [1.807, 2.05) is 0 Å². The van der Waals surface area contributed by atoms with Gasteiger partial charge in [0.05, 0.1) is 5.06 Å².